The number of sulfone groups is 2. The summed E-state index contributed by atoms with van der Waals surface area (Å²) in [6, 6.07) is 11.3. The van der Waals surface area contributed by atoms with Gasteiger partial charge < -0.3 is 10.1 Å². The number of hydrogen-bond donors (Lipinski definition) is 1. The first-order valence-corrected chi connectivity index (χ1v) is 14.3. The highest BCUT2D eigenvalue weighted by molar-refractivity contribution is 7.96. The van der Waals surface area contributed by atoms with Crippen molar-refractivity contribution in [1.82, 2.24) is 10.2 Å². The summed E-state index contributed by atoms with van der Waals surface area (Å²) in [7, 11) is -5.93. The fourth-order valence-corrected chi connectivity index (χ4v) is 9.04. The van der Waals surface area contributed by atoms with Crippen LogP contribution in [0.1, 0.15) is 25.5 Å². The van der Waals surface area contributed by atoms with Crippen molar-refractivity contribution < 1.29 is 26.0 Å². The van der Waals surface area contributed by atoms with Crippen molar-refractivity contribution in [2.24, 2.45) is 0 Å². The fraction of sp³-hybridized carbons (Fsp3) is 0.478. The lowest BCUT2D eigenvalue weighted by Gasteiger charge is -2.32. The van der Waals surface area contributed by atoms with E-state index in [4.69, 9.17) is 4.74 Å². The van der Waals surface area contributed by atoms with Crippen LogP contribution in [0.25, 0.3) is 0 Å². The molecule has 0 radical (unpaired) electrons. The van der Waals surface area contributed by atoms with Crippen molar-refractivity contribution in [1.29, 1.82) is 0 Å². The number of ether oxygens (including phenoxy) is 1. The second-order valence-corrected chi connectivity index (χ2v) is 12.5. The third-order valence-electron chi connectivity index (χ3n) is 6.17. The van der Waals surface area contributed by atoms with Crippen LogP contribution in [0.3, 0.4) is 0 Å². The van der Waals surface area contributed by atoms with Gasteiger partial charge in [-0.05, 0) is 55.1 Å². The second-order valence-electron chi connectivity index (χ2n) is 8.14. The summed E-state index contributed by atoms with van der Waals surface area (Å²) in [5, 5.41) is 2.13. The van der Waals surface area contributed by atoms with E-state index in [1.54, 1.807) is 24.3 Å². The number of methoxy groups -OCH3 is 1. The summed E-state index contributed by atoms with van der Waals surface area (Å²) in [6.45, 7) is 5.82. The van der Waals surface area contributed by atoms with Crippen LogP contribution in [0.4, 0.5) is 4.39 Å². The van der Waals surface area contributed by atoms with Gasteiger partial charge in [-0.15, -0.1) is 0 Å². The highest BCUT2D eigenvalue weighted by Crippen LogP contribution is 2.28. The maximum absolute atomic E-state index is 13.5. The van der Waals surface area contributed by atoms with E-state index < -0.39 is 36.7 Å². The molecule has 10 heteroatoms. The van der Waals surface area contributed by atoms with E-state index in [1.807, 2.05) is 13.8 Å². The normalized spacial score (nSPS) is 21.2. The summed E-state index contributed by atoms with van der Waals surface area (Å²) < 4.78 is 70.1. The van der Waals surface area contributed by atoms with Crippen molar-refractivity contribution >= 4 is 19.7 Å². The summed E-state index contributed by atoms with van der Waals surface area (Å²) in [4.78, 5) is 2.23. The van der Waals surface area contributed by atoms with Gasteiger partial charge >= 0.3 is 0 Å². The molecule has 1 N–H and O–H groups in total. The van der Waals surface area contributed by atoms with Gasteiger partial charge in [0.25, 0.3) is 0 Å². The minimum absolute atomic E-state index is 0.0658. The number of nitrogens with zero attached hydrogens (tertiary/aromatic N) is 1. The van der Waals surface area contributed by atoms with Crippen LogP contribution in [0.2, 0.25) is 0 Å². The topological polar surface area (TPSA) is 92.8 Å². The second kappa shape index (κ2) is 10.5. The third kappa shape index (κ3) is 5.92. The smallest absolute Gasteiger partial charge is 0.183 e. The maximum Gasteiger partial charge on any atom is 0.183 e. The molecule has 0 bridgehead atoms. The molecule has 1 aliphatic heterocycles. The van der Waals surface area contributed by atoms with E-state index in [-0.39, 0.29) is 22.5 Å². The lowest BCUT2D eigenvalue weighted by molar-refractivity contribution is 0.209. The van der Waals surface area contributed by atoms with E-state index in [1.165, 1.54) is 31.4 Å². The van der Waals surface area contributed by atoms with Crippen LogP contribution in [0.15, 0.2) is 53.4 Å². The number of nitrogens with one attached hydrogen (secondary N) is 1. The zero-order chi connectivity index (χ0) is 24.2. The van der Waals surface area contributed by atoms with Crippen LogP contribution in [-0.4, -0.2) is 71.3 Å². The van der Waals surface area contributed by atoms with Gasteiger partial charge in [0, 0.05) is 18.6 Å². The number of hydrogen-bond acceptors (Lipinski definition) is 7. The average Bonchev–Trinajstić information content (AvgIpc) is 3.12. The maximum atomic E-state index is 13.5. The van der Waals surface area contributed by atoms with E-state index >= 15 is 0 Å². The standard InChI is InChI=1S/C23H31FN2O5S2/c1-4-26(5-2)22(17-6-8-18(24)9-7-17)14-25-21-15-32(27,28)16-23(21)33(29,30)20-12-10-19(31-3)11-13-20/h6-13,21-23,25H,4-5,14-16H2,1-3H3/t21-,22?,23-/m0/s1. The molecule has 1 aliphatic rings. The molecule has 0 saturated carbocycles. The van der Waals surface area contributed by atoms with Gasteiger partial charge in [0.1, 0.15) is 11.6 Å². The Hall–Kier alpha value is -2.01. The number of likely N-dealkylation sites (N-methyl/N-ethyl adjacent to an activating group) is 1. The molecule has 0 aliphatic carbocycles. The Kier molecular flexibility index (Phi) is 8.15. The molecule has 1 fully saturated rings. The van der Waals surface area contributed by atoms with Gasteiger partial charge in [0.05, 0.1) is 28.8 Å². The average molecular weight is 499 g/mol. The number of rotatable bonds is 10. The van der Waals surface area contributed by atoms with E-state index in [9.17, 15) is 21.2 Å². The predicted molar refractivity (Wildman–Crippen MR) is 126 cm³/mol. The quantitative estimate of drug-likeness (QED) is 0.538. The monoisotopic (exact) mass is 498 g/mol. The summed E-state index contributed by atoms with van der Waals surface area (Å²) in [5.41, 5.74) is 0.878. The molecular weight excluding hydrogens is 467 g/mol. The first-order chi connectivity index (χ1) is 15.6. The van der Waals surface area contributed by atoms with Crippen molar-refractivity contribution in [2.75, 3.05) is 38.2 Å². The molecule has 0 spiro atoms. The molecule has 3 atom stereocenters. The Labute approximate surface area is 195 Å². The minimum atomic E-state index is -3.89. The Morgan fingerprint density at radius 2 is 1.67 bits per heavy atom. The van der Waals surface area contributed by atoms with Gasteiger partial charge in [0.15, 0.2) is 19.7 Å². The molecule has 2 aromatic rings. The van der Waals surface area contributed by atoms with Crippen molar-refractivity contribution in [2.45, 2.75) is 36.1 Å². The Balaban J connectivity index is 1.86. The van der Waals surface area contributed by atoms with Crippen LogP contribution < -0.4 is 10.1 Å². The molecule has 2 aromatic carbocycles. The highest BCUT2D eigenvalue weighted by atomic mass is 32.2. The zero-order valence-electron chi connectivity index (χ0n) is 19.1. The number of halogens is 1. The Bertz CT molecular complexity index is 1130. The molecule has 7 nitrogen and oxygen atoms in total. The Morgan fingerprint density at radius 1 is 1.06 bits per heavy atom. The summed E-state index contributed by atoms with van der Waals surface area (Å²) in [5.74, 6) is -0.492. The van der Waals surface area contributed by atoms with Gasteiger partial charge in [0.2, 0.25) is 0 Å². The SMILES string of the molecule is CCN(CC)C(CN[C@H]1CS(=O)(=O)C[C@@H]1S(=O)(=O)c1ccc(OC)cc1)c1ccc(F)cc1. The van der Waals surface area contributed by atoms with Gasteiger partial charge in [-0.1, -0.05) is 26.0 Å². The van der Waals surface area contributed by atoms with Crippen LogP contribution >= 0.6 is 0 Å². The lowest BCUT2D eigenvalue weighted by Crippen LogP contribution is -2.47. The Morgan fingerprint density at radius 3 is 2.21 bits per heavy atom. The fourth-order valence-electron chi connectivity index (χ4n) is 4.32. The molecule has 0 amide bonds. The molecule has 3 rings (SSSR count). The van der Waals surface area contributed by atoms with Crippen LogP contribution in [-0.2, 0) is 19.7 Å². The van der Waals surface area contributed by atoms with E-state index in [0.717, 1.165) is 18.7 Å². The van der Waals surface area contributed by atoms with Gasteiger partial charge in [-0.3, -0.25) is 4.90 Å². The molecule has 1 unspecified atom stereocenters. The van der Waals surface area contributed by atoms with E-state index in [2.05, 4.69) is 10.2 Å². The van der Waals surface area contributed by atoms with Crippen molar-refractivity contribution in [3.63, 3.8) is 0 Å². The summed E-state index contributed by atoms with van der Waals surface area (Å²) >= 11 is 0. The minimum Gasteiger partial charge on any atom is -0.497 e. The summed E-state index contributed by atoms with van der Waals surface area (Å²) in [6.07, 6.45) is 0. The van der Waals surface area contributed by atoms with Crippen LogP contribution in [0, 0.1) is 5.82 Å². The van der Waals surface area contributed by atoms with Crippen molar-refractivity contribution in [3.05, 3.63) is 59.9 Å². The number of benzene rings is 2. The molecule has 0 aromatic heterocycles. The van der Waals surface area contributed by atoms with Crippen molar-refractivity contribution in [3.8, 4) is 5.75 Å². The van der Waals surface area contributed by atoms with E-state index in [0.29, 0.717) is 12.3 Å². The molecular formula is C23H31FN2O5S2. The highest BCUT2D eigenvalue weighted by Gasteiger charge is 2.46. The molecule has 1 heterocycles. The zero-order valence-corrected chi connectivity index (χ0v) is 20.7. The largest absolute Gasteiger partial charge is 0.497 e. The first-order valence-electron chi connectivity index (χ1n) is 10.9. The first kappa shape index (κ1) is 25.6. The third-order valence-corrected chi connectivity index (χ3v) is 10.3. The van der Waals surface area contributed by atoms with Gasteiger partial charge in [-0.2, -0.15) is 0 Å². The molecule has 33 heavy (non-hydrogen) atoms. The van der Waals surface area contributed by atoms with Gasteiger partial charge in [-0.25, -0.2) is 21.2 Å². The van der Waals surface area contributed by atoms with Crippen LogP contribution in [0.5, 0.6) is 5.75 Å². The lowest BCUT2D eigenvalue weighted by atomic mass is 10.0. The predicted octanol–water partition coefficient (Wildman–Crippen LogP) is 2.45. The molecule has 182 valence electrons. The molecule has 1 saturated heterocycles.